The van der Waals surface area contributed by atoms with Gasteiger partial charge in [0.25, 0.3) is 0 Å². The van der Waals surface area contributed by atoms with Crippen LogP contribution in [-0.2, 0) is 11.2 Å². The van der Waals surface area contributed by atoms with E-state index in [0.29, 0.717) is 18.9 Å². The Balaban J connectivity index is 1.93. The van der Waals surface area contributed by atoms with Gasteiger partial charge >= 0.3 is 0 Å². The van der Waals surface area contributed by atoms with Crippen molar-refractivity contribution >= 4 is 17.0 Å². The van der Waals surface area contributed by atoms with Crippen molar-refractivity contribution in [1.29, 1.82) is 0 Å². The Morgan fingerprint density at radius 3 is 2.88 bits per heavy atom. The molecule has 4 nitrogen and oxygen atoms in total. The number of hydrogen-bond acceptors (Lipinski definition) is 3. The van der Waals surface area contributed by atoms with Gasteiger partial charge in [-0.15, -0.1) is 0 Å². The SMILES string of the molecule is CC(C)C(=O)NCCc1nc2ccccc2o1. The van der Waals surface area contributed by atoms with Gasteiger partial charge in [-0.2, -0.15) is 0 Å². The number of carbonyl (C=O) groups is 1. The van der Waals surface area contributed by atoms with Crippen molar-refractivity contribution in [2.24, 2.45) is 5.92 Å². The van der Waals surface area contributed by atoms with Gasteiger partial charge in [0, 0.05) is 18.9 Å². The standard InChI is InChI=1S/C13H16N2O2/c1-9(2)13(16)14-8-7-12-15-10-5-3-4-6-11(10)17-12/h3-6,9H,7-8H2,1-2H3,(H,14,16). The number of aromatic nitrogens is 1. The molecule has 2 rings (SSSR count). The summed E-state index contributed by atoms with van der Waals surface area (Å²) in [5, 5.41) is 2.84. The smallest absolute Gasteiger partial charge is 0.222 e. The summed E-state index contributed by atoms with van der Waals surface area (Å²) < 4.78 is 5.55. The lowest BCUT2D eigenvalue weighted by Crippen LogP contribution is -2.29. The molecule has 0 aliphatic carbocycles. The number of amides is 1. The van der Waals surface area contributed by atoms with E-state index >= 15 is 0 Å². The predicted molar refractivity (Wildman–Crippen MR) is 65.6 cm³/mol. The monoisotopic (exact) mass is 232 g/mol. The minimum Gasteiger partial charge on any atom is -0.441 e. The topological polar surface area (TPSA) is 55.1 Å². The highest BCUT2D eigenvalue weighted by atomic mass is 16.3. The van der Waals surface area contributed by atoms with E-state index < -0.39 is 0 Å². The lowest BCUT2D eigenvalue weighted by Gasteiger charge is -2.05. The summed E-state index contributed by atoms with van der Waals surface area (Å²) in [5.74, 6) is 0.731. The third-order valence-electron chi connectivity index (χ3n) is 2.50. The Bertz CT molecular complexity index is 484. The lowest BCUT2D eigenvalue weighted by molar-refractivity contribution is -0.123. The molecule has 2 aromatic rings. The number of fused-ring (bicyclic) bond motifs is 1. The van der Waals surface area contributed by atoms with E-state index in [4.69, 9.17) is 4.42 Å². The van der Waals surface area contributed by atoms with Gasteiger partial charge in [-0.3, -0.25) is 4.79 Å². The summed E-state index contributed by atoms with van der Waals surface area (Å²) >= 11 is 0. The molecule has 0 aliphatic heterocycles. The van der Waals surface area contributed by atoms with Crippen molar-refractivity contribution in [2.75, 3.05) is 6.54 Å². The zero-order chi connectivity index (χ0) is 12.3. The Hall–Kier alpha value is -1.84. The number of nitrogens with one attached hydrogen (secondary N) is 1. The third kappa shape index (κ3) is 2.84. The van der Waals surface area contributed by atoms with E-state index in [9.17, 15) is 4.79 Å². The molecule has 90 valence electrons. The number of nitrogens with zero attached hydrogens (tertiary/aromatic N) is 1. The van der Waals surface area contributed by atoms with Crippen LogP contribution in [0.4, 0.5) is 0 Å². The summed E-state index contributed by atoms with van der Waals surface area (Å²) in [6, 6.07) is 7.64. The van der Waals surface area contributed by atoms with Gasteiger partial charge < -0.3 is 9.73 Å². The molecule has 0 unspecified atom stereocenters. The number of hydrogen-bond donors (Lipinski definition) is 1. The second-order valence-electron chi connectivity index (χ2n) is 4.27. The van der Waals surface area contributed by atoms with Crippen LogP contribution in [0.15, 0.2) is 28.7 Å². The largest absolute Gasteiger partial charge is 0.441 e. The van der Waals surface area contributed by atoms with Gasteiger partial charge in [0.15, 0.2) is 11.5 Å². The van der Waals surface area contributed by atoms with Crippen LogP contribution in [-0.4, -0.2) is 17.4 Å². The van der Waals surface area contributed by atoms with Crippen LogP contribution in [0.1, 0.15) is 19.7 Å². The van der Waals surface area contributed by atoms with Crippen LogP contribution in [0.2, 0.25) is 0 Å². The van der Waals surface area contributed by atoms with Crippen LogP contribution in [0.25, 0.3) is 11.1 Å². The second-order valence-corrected chi connectivity index (χ2v) is 4.27. The molecular formula is C13H16N2O2. The summed E-state index contributed by atoms with van der Waals surface area (Å²) in [5.41, 5.74) is 1.65. The summed E-state index contributed by atoms with van der Waals surface area (Å²) in [6.45, 7) is 4.30. The van der Waals surface area contributed by atoms with Crippen molar-refractivity contribution in [3.63, 3.8) is 0 Å². The maximum atomic E-state index is 11.3. The molecule has 0 saturated heterocycles. The molecule has 0 aliphatic rings. The zero-order valence-corrected chi connectivity index (χ0v) is 10.1. The minimum absolute atomic E-state index is 0.0126. The molecule has 4 heteroatoms. The maximum Gasteiger partial charge on any atom is 0.222 e. The number of carbonyl (C=O) groups excluding carboxylic acids is 1. The molecule has 1 N–H and O–H groups in total. The highest BCUT2D eigenvalue weighted by Crippen LogP contribution is 2.14. The molecule has 1 heterocycles. The van der Waals surface area contributed by atoms with Crippen molar-refractivity contribution in [2.45, 2.75) is 20.3 Å². The number of rotatable bonds is 4. The first-order chi connectivity index (χ1) is 8.16. The first-order valence-electron chi connectivity index (χ1n) is 5.79. The van der Waals surface area contributed by atoms with Gasteiger partial charge in [0.05, 0.1) is 0 Å². The van der Waals surface area contributed by atoms with Gasteiger partial charge in [-0.1, -0.05) is 26.0 Å². The molecule has 1 aromatic heterocycles. The molecule has 0 fully saturated rings. The van der Waals surface area contributed by atoms with Crippen molar-refractivity contribution in [3.05, 3.63) is 30.2 Å². The molecule has 0 atom stereocenters. The molecule has 1 aromatic carbocycles. The average molecular weight is 232 g/mol. The van der Waals surface area contributed by atoms with E-state index in [-0.39, 0.29) is 11.8 Å². The Labute approximate surface area is 100 Å². The minimum atomic E-state index is 0.0126. The van der Waals surface area contributed by atoms with Gasteiger partial charge in [-0.25, -0.2) is 4.98 Å². The van der Waals surface area contributed by atoms with Crippen LogP contribution in [0, 0.1) is 5.92 Å². The summed E-state index contributed by atoms with van der Waals surface area (Å²) in [6.07, 6.45) is 0.618. The molecule has 0 spiro atoms. The number of para-hydroxylation sites is 2. The van der Waals surface area contributed by atoms with Crippen LogP contribution < -0.4 is 5.32 Å². The predicted octanol–water partition coefficient (Wildman–Crippen LogP) is 2.14. The van der Waals surface area contributed by atoms with Crippen LogP contribution >= 0.6 is 0 Å². The van der Waals surface area contributed by atoms with E-state index in [0.717, 1.165) is 11.1 Å². The first kappa shape index (κ1) is 11.6. The third-order valence-corrected chi connectivity index (χ3v) is 2.50. The highest BCUT2D eigenvalue weighted by Gasteiger charge is 2.08. The summed E-state index contributed by atoms with van der Waals surface area (Å²) in [4.78, 5) is 15.7. The fourth-order valence-corrected chi connectivity index (χ4v) is 1.52. The van der Waals surface area contributed by atoms with E-state index in [2.05, 4.69) is 10.3 Å². The van der Waals surface area contributed by atoms with Crippen molar-refractivity contribution < 1.29 is 9.21 Å². The zero-order valence-electron chi connectivity index (χ0n) is 10.1. The molecule has 0 saturated carbocycles. The fraction of sp³-hybridized carbons (Fsp3) is 0.385. The molecular weight excluding hydrogens is 216 g/mol. The molecule has 0 bridgehead atoms. The van der Waals surface area contributed by atoms with E-state index in [1.807, 2.05) is 38.1 Å². The average Bonchev–Trinajstić information content (AvgIpc) is 2.71. The van der Waals surface area contributed by atoms with Crippen LogP contribution in [0.5, 0.6) is 0 Å². The summed E-state index contributed by atoms with van der Waals surface area (Å²) in [7, 11) is 0. The highest BCUT2D eigenvalue weighted by molar-refractivity contribution is 5.77. The first-order valence-corrected chi connectivity index (χ1v) is 5.79. The van der Waals surface area contributed by atoms with Crippen molar-refractivity contribution in [1.82, 2.24) is 10.3 Å². The quantitative estimate of drug-likeness (QED) is 0.878. The molecule has 0 radical (unpaired) electrons. The number of oxazole rings is 1. The van der Waals surface area contributed by atoms with Crippen molar-refractivity contribution in [3.8, 4) is 0 Å². The van der Waals surface area contributed by atoms with E-state index in [1.54, 1.807) is 0 Å². The Morgan fingerprint density at radius 1 is 1.41 bits per heavy atom. The second kappa shape index (κ2) is 4.99. The maximum absolute atomic E-state index is 11.3. The molecule has 1 amide bonds. The van der Waals surface area contributed by atoms with Gasteiger partial charge in [0.2, 0.25) is 5.91 Å². The lowest BCUT2D eigenvalue weighted by atomic mass is 10.2. The van der Waals surface area contributed by atoms with Crippen LogP contribution in [0.3, 0.4) is 0 Å². The van der Waals surface area contributed by atoms with Gasteiger partial charge in [-0.05, 0) is 12.1 Å². The normalized spacial score (nSPS) is 11.0. The Morgan fingerprint density at radius 2 is 2.18 bits per heavy atom. The Kier molecular flexibility index (Phi) is 3.42. The van der Waals surface area contributed by atoms with E-state index in [1.165, 1.54) is 0 Å². The fourth-order valence-electron chi connectivity index (χ4n) is 1.52. The molecule has 17 heavy (non-hydrogen) atoms. The number of benzene rings is 1. The van der Waals surface area contributed by atoms with Gasteiger partial charge in [0.1, 0.15) is 5.52 Å².